The fraction of sp³-hybridized carbons (Fsp3) is 0.417. The summed E-state index contributed by atoms with van der Waals surface area (Å²) in [6.45, 7) is 0. The second-order valence-electron chi connectivity index (χ2n) is 3.92. The topological polar surface area (TPSA) is 80.3 Å². The van der Waals surface area contributed by atoms with Crippen LogP contribution in [-0.2, 0) is 18.3 Å². The van der Waals surface area contributed by atoms with Gasteiger partial charge in [0, 0.05) is 14.2 Å². The van der Waals surface area contributed by atoms with Crippen molar-refractivity contribution in [1.82, 2.24) is 0 Å². The zero-order chi connectivity index (χ0) is 14.9. The smallest absolute Gasteiger partial charge is 0.375 e. The van der Waals surface area contributed by atoms with E-state index in [2.05, 4.69) is 0 Å². The van der Waals surface area contributed by atoms with Crippen LogP contribution < -0.4 is 9.47 Å². The Balaban J connectivity index is 2.68. The number of carbonyl (C=O) groups is 1. The fourth-order valence-corrected chi connectivity index (χ4v) is 3.42. The van der Waals surface area contributed by atoms with Crippen LogP contribution in [0.1, 0.15) is 21.8 Å². The van der Waals surface area contributed by atoms with E-state index in [4.69, 9.17) is 23.3 Å². The minimum atomic E-state index is -3.65. The maximum absolute atomic E-state index is 12.5. The minimum Gasteiger partial charge on any atom is -0.496 e. The number of rotatable bonds is 5. The number of cyclic esters (lactones) is 1. The Morgan fingerprint density at radius 3 is 2.10 bits per heavy atom. The van der Waals surface area contributed by atoms with Gasteiger partial charge in [-0.1, -0.05) is 0 Å². The van der Waals surface area contributed by atoms with Crippen LogP contribution in [0.3, 0.4) is 0 Å². The molecule has 1 aromatic rings. The van der Waals surface area contributed by atoms with E-state index < -0.39 is 19.4 Å². The predicted molar refractivity (Wildman–Crippen MR) is 69.3 cm³/mol. The summed E-state index contributed by atoms with van der Waals surface area (Å²) in [5.41, 5.74) is 0.482. The number of ether oxygens (including phenoxy) is 3. The van der Waals surface area contributed by atoms with Crippen LogP contribution in [0.15, 0.2) is 12.1 Å². The number of esters is 1. The number of carbonyl (C=O) groups excluding carboxylic acids is 1. The van der Waals surface area contributed by atoms with E-state index in [-0.39, 0.29) is 5.56 Å². The standard InChI is InChI=1S/C12H15O7P/c1-15-7-5-6-8(16-2)10-9(7)11(13)19-12(10)20(14,17-3)18-4/h5-6,12H,1-4H3. The van der Waals surface area contributed by atoms with E-state index in [1.165, 1.54) is 28.4 Å². The monoisotopic (exact) mass is 302 g/mol. The second-order valence-corrected chi connectivity index (χ2v) is 6.20. The van der Waals surface area contributed by atoms with Gasteiger partial charge in [0.1, 0.15) is 17.1 Å². The summed E-state index contributed by atoms with van der Waals surface area (Å²) < 4.78 is 37.8. The highest BCUT2D eigenvalue weighted by atomic mass is 31.2. The third kappa shape index (κ3) is 2.08. The molecule has 110 valence electrons. The van der Waals surface area contributed by atoms with Crippen LogP contribution in [0.4, 0.5) is 0 Å². The SMILES string of the molecule is COc1ccc(OC)c2c1C(=O)OC2P(=O)(OC)OC. The van der Waals surface area contributed by atoms with E-state index in [1.807, 2.05) is 0 Å². The molecular formula is C12H15O7P. The van der Waals surface area contributed by atoms with Crippen LogP contribution in [0.25, 0.3) is 0 Å². The van der Waals surface area contributed by atoms with Crippen LogP contribution in [-0.4, -0.2) is 34.4 Å². The maximum Gasteiger partial charge on any atom is 0.375 e. The number of benzene rings is 1. The van der Waals surface area contributed by atoms with Crippen molar-refractivity contribution in [3.05, 3.63) is 23.3 Å². The molecule has 0 saturated carbocycles. The number of hydrogen-bond donors (Lipinski definition) is 0. The molecule has 0 aromatic heterocycles. The molecule has 0 spiro atoms. The van der Waals surface area contributed by atoms with Gasteiger partial charge >= 0.3 is 13.6 Å². The van der Waals surface area contributed by atoms with E-state index in [1.54, 1.807) is 12.1 Å². The first-order valence-corrected chi connectivity index (χ1v) is 7.30. The average molecular weight is 302 g/mol. The van der Waals surface area contributed by atoms with Crippen molar-refractivity contribution >= 4 is 13.6 Å². The van der Waals surface area contributed by atoms with E-state index in [0.717, 1.165) is 0 Å². The van der Waals surface area contributed by atoms with E-state index in [0.29, 0.717) is 17.1 Å². The molecule has 0 N–H and O–H groups in total. The van der Waals surface area contributed by atoms with Crippen molar-refractivity contribution in [2.75, 3.05) is 28.4 Å². The Labute approximate surface area is 116 Å². The first-order chi connectivity index (χ1) is 9.52. The third-order valence-electron chi connectivity index (χ3n) is 3.07. The van der Waals surface area contributed by atoms with Gasteiger partial charge in [0.2, 0.25) is 5.85 Å². The molecular weight excluding hydrogens is 287 g/mol. The van der Waals surface area contributed by atoms with Crippen molar-refractivity contribution in [2.45, 2.75) is 5.85 Å². The summed E-state index contributed by atoms with van der Waals surface area (Å²) in [5, 5.41) is 0. The molecule has 0 aliphatic carbocycles. The minimum absolute atomic E-state index is 0.172. The molecule has 1 unspecified atom stereocenters. The summed E-state index contributed by atoms with van der Waals surface area (Å²) in [5.74, 6) is -1.17. The molecule has 0 radical (unpaired) electrons. The molecule has 0 bridgehead atoms. The first-order valence-electron chi connectivity index (χ1n) is 5.69. The highest BCUT2D eigenvalue weighted by molar-refractivity contribution is 7.54. The Kier molecular flexibility index (Phi) is 4.04. The lowest BCUT2D eigenvalue weighted by molar-refractivity contribution is 0.0453. The zero-order valence-electron chi connectivity index (χ0n) is 11.5. The molecule has 0 fully saturated rings. The van der Waals surface area contributed by atoms with Gasteiger partial charge in [0.15, 0.2) is 0 Å². The van der Waals surface area contributed by atoms with Gasteiger partial charge in [0.05, 0.1) is 19.8 Å². The lowest BCUT2D eigenvalue weighted by Gasteiger charge is -2.21. The number of methoxy groups -OCH3 is 2. The molecule has 7 nitrogen and oxygen atoms in total. The summed E-state index contributed by atoms with van der Waals surface area (Å²) in [7, 11) is 1.66. The van der Waals surface area contributed by atoms with E-state index in [9.17, 15) is 9.36 Å². The highest BCUT2D eigenvalue weighted by Crippen LogP contribution is 2.65. The average Bonchev–Trinajstić information content (AvgIpc) is 2.84. The van der Waals surface area contributed by atoms with Crippen LogP contribution in [0.2, 0.25) is 0 Å². The Bertz CT molecular complexity index is 575. The summed E-state index contributed by atoms with van der Waals surface area (Å²) in [6.07, 6.45) is 0. The predicted octanol–water partition coefficient (Wildman–Crippen LogP) is 2.36. The van der Waals surface area contributed by atoms with Gasteiger partial charge < -0.3 is 23.3 Å². The normalized spacial score (nSPS) is 17.6. The van der Waals surface area contributed by atoms with Crippen molar-refractivity contribution in [2.24, 2.45) is 0 Å². The van der Waals surface area contributed by atoms with Gasteiger partial charge in [-0.3, -0.25) is 4.57 Å². The Morgan fingerprint density at radius 2 is 1.60 bits per heavy atom. The van der Waals surface area contributed by atoms with E-state index >= 15 is 0 Å². The van der Waals surface area contributed by atoms with Crippen LogP contribution >= 0.6 is 7.60 Å². The first kappa shape index (κ1) is 14.8. The summed E-state index contributed by atoms with van der Waals surface area (Å²) in [4.78, 5) is 12.0. The maximum atomic E-state index is 12.5. The quantitative estimate of drug-likeness (QED) is 0.610. The molecule has 0 saturated heterocycles. The lowest BCUT2D eigenvalue weighted by atomic mass is 10.1. The molecule has 1 aliphatic heterocycles. The van der Waals surface area contributed by atoms with Gasteiger partial charge in [-0.25, -0.2) is 4.79 Å². The number of hydrogen-bond acceptors (Lipinski definition) is 7. The molecule has 1 heterocycles. The van der Waals surface area contributed by atoms with Gasteiger partial charge in [-0.05, 0) is 12.1 Å². The van der Waals surface area contributed by atoms with Crippen LogP contribution in [0.5, 0.6) is 11.5 Å². The summed E-state index contributed by atoms with van der Waals surface area (Å²) in [6, 6.07) is 3.17. The highest BCUT2D eigenvalue weighted by Gasteiger charge is 2.49. The lowest BCUT2D eigenvalue weighted by Crippen LogP contribution is -2.04. The van der Waals surface area contributed by atoms with Crippen molar-refractivity contribution < 1.29 is 32.6 Å². The molecule has 0 amide bonds. The Morgan fingerprint density at radius 1 is 1.05 bits per heavy atom. The fourth-order valence-electron chi connectivity index (χ4n) is 2.09. The van der Waals surface area contributed by atoms with Crippen molar-refractivity contribution in [3.8, 4) is 11.5 Å². The molecule has 8 heteroatoms. The molecule has 20 heavy (non-hydrogen) atoms. The largest absolute Gasteiger partial charge is 0.496 e. The molecule has 2 rings (SSSR count). The molecule has 1 atom stereocenters. The molecule has 1 aromatic carbocycles. The third-order valence-corrected chi connectivity index (χ3v) is 5.03. The van der Waals surface area contributed by atoms with Crippen LogP contribution in [0, 0.1) is 0 Å². The zero-order valence-corrected chi connectivity index (χ0v) is 12.4. The van der Waals surface area contributed by atoms with Crippen molar-refractivity contribution in [3.63, 3.8) is 0 Å². The van der Waals surface area contributed by atoms with Gasteiger partial charge in [-0.15, -0.1) is 0 Å². The number of fused-ring (bicyclic) bond motifs is 1. The van der Waals surface area contributed by atoms with Crippen molar-refractivity contribution in [1.29, 1.82) is 0 Å². The Hall–Kier alpha value is -1.56. The van der Waals surface area contributed by atoms with Gasteiger partial charge in [0.25, 0.3) is 0 Å². The van der Waals surface area contributed by atoms with Gasteiger partial charge in [-0.2, -0.15) is 0 Å². The summed E-state index contributed by atoms with van der Waals surface area (Å²) >= 11 is 0. The molecule has 1 aliphatic rings. The second kappa shape index (κ2) is 5.44.